The van der Waals surface area contributed by atoms with Crippen LogP contribution in [0.25, 0.3) is 17.1 Å². The van der Waals surface area contributed by atoms with Crippen molar-refractivity contribution in [2.45, 2.75) is 46.6 Å². The highest BCUT2D eigenvalue weighted by Gasteiger charge is 2.23. The zero-order valence-electron chi connectivity index (χ0n) is 19.1. The van der Waals surface area contributed by atoms with Crippen molar-refractivity contribution in [2.24, 2.45) is 5.92 Å². The molecular weight excluding hydrogens is 412 g/mol. The van der Waals surface area contributed by atoms with Gasteiger partial charge in [0.05, 0.1) is 23.0 Å². The van der Waals surface area contributed by atoms with Crippen LogP contribution in [-0.2, 0) is 6.54 Å². The number of aromatic nitrogens is 6. The number of nitrogens with one attached hydrogen (secondary N) is 1. The molecule has 0 unspecified atom stereocenters. The highest BCUT2D eigenvalue weighted by molar-refractivity contribution is 5.71. The third kappa shape index (κ3) is 4.35. The molecule has 1 aliphatic carbocycles. The van der Waals surface area contributed by atoms with Crippen LogP contribution in [0.5, 0.6) is 0 Å². The van der Waals surface area contributed by atoms with Gasteiger partial charge >= 0.3 is 0 Å². The monoisotopic (exact) mass is 438 g/mol. The summed E-state index contributed by atoms with van der Waals surface area (Å²) in [5.74, 6) is 3.13. The van der Waals surface area contributed by atoms with Gasteiger partial charge in [-0.3, -0.25) is 0 Å². The lowest BCUT2D eigenvalue weighted by Gasteiger charge is -2.11. The van der Waals surface area contributed by atoms with Crippen molar-refractivity contribution in [1.29, 1.82) is 5.26 Å². The van der Waals surface area contributed by atoms with E-state index in [9.17, 15) is 0 Å². The molecule has 8 heteroatoms. The van der Waals surface area contributed by atoms with Crippen molar-refractivity contribution >= 4 is 11.6 Å². The molecule has 3 aromatic heterocycles. The Balaban J connectivity index is 1.50. The number of aryl methyl sites for hydroxylation is 3. The first-order chi connectivity index (χ1) is 16.0. The lowest BCUT2D eigenvalue weighted by atomic mass is 10.1. The number of hydrogen-bond acceptors (Lipinski definition) is 6. The Morgan fingerprint density at radius 1 is 1.06 bits per heavy atom. The highest BCUT2D eigenvalue weighted by atomic mass is 15.3. The number of nitrogens with zero attached hydrogens (tertiary/aromatic N) is 7. The summed E-state index contributed by atoms with van der Waals surface area (Å²) in [4.78, 5) is 8.86. The van der Waals surface area contributed by atoms with E-state index < -0.39 is 0 Å². The van der Waals surface area contributed by atoms with Crippen LogP contribution in [0.2, 0.25) is 0 Å². The fraction of sp³-hybridized carbons (Fsp3) is 0.320. The number of rotatable bonds is 7. The van der Waals surface area contributed by atoms with Crippen molar-refractivity contribution < 1.29 is 0 Å². The molecule has 1 saturated carbocycles. The number of hydrogen-bond donors (Lipinski definition) is 1. The van der Waals surface area contributed by atoms with Crippen LogP contribution in [0.15, 0.2) is 42.7 Å². The molecule has 0 atom stereocenters. The molecule has 5 rings (SSSR count). The molecule has 0 saturated heterocycles. The molecule has 1 aromatic carbocycles. The predicted octanol–water partition coefficient (Wildman–Crippen LogP) is 4.87. The first-order valence-electron chi connectivity index (χ1n) is 11.2. The molecule has 4 aromatic rings. The minimum absolute atomic E-state index is 0.639. The Kier molecular flexibility index (Phi) is 5.38. The molecule has 0 spiro atoms. The van der Waals surface area contributed by atoms with Gasteiger partial charge in [0.2, 0.25) is 0 Å². The number of benzene rings is 1. The van der Waals surface area contributed by atoms with Crippen LogP contribution in [0.3, 0.4) is 0 Å². The van der Waals surface area contributed by atoms with Crippen LogP contribution in [-0.4, -0.2) is 29.5 Å². The van der Waals surface area contributed by atoms with E-state index in [0.717, 1.165) is 52.9 Å². The Morgan fingerprint density at radius 2 is 1.85 bits per heavy atom. The quantitative estimate of drug-likeness (QED) is 0.442. The number of nitriles is 1. The lowest BCUT2D eigenvalue weighted by Crippen LogP contribution is -2.08. The summed E-state index contributed by atoms with van der Waals surface area (Å²) in [6.07, 6.45) is 5.28. The fourth-order valence-electron chi connectivity index (χ4n) is 4.07. The summed E-state index contributed by atoms with van der Waals surface area (Å²) < 4.78 is 3.87. The largest absolute Gasteiger partial charge is 0.325 e. The summed E-state index contributed by atoms with van der Waals surface area (Å²) in [7, 11) is 0. The zero-order chi connectivity index (χ0) is 22.9. The molecule has 0 amide bonds. The van der Waals surface area contributed by atoms with Gasteiger partial charge in [0.15, 0.2) is 5.82 Å². The third-order valence-corrected chi connectivity index (χ3v) is 6.05. The van der Waals surface area contributed by atoms with E-state index in [4.69, 9.17) is 10.4 Å². The van der Waals surface area contributed by atoms with E-state index in [-0.39, 0.29) is 0 Å². The third-order valence-electron chi connectivity index (χ3n) is 6.05. The lowest BCUT2D eigenvalue weighted by molar-refractivity contribution is 0.553. The van der Waals surface area contributed by atoms with Crippen LogP contribution >= 0.6 is 0 Å². The van der Waals surface area contributed by atoms with E-state index in [0.29, 0.717) is 17.2 Å². The average Bonchev–Trinajstić information content (AvgIpc) is 3.52. The minimum Gasteiger partial charge on any atom is -0.325 e. The summed E-state index contributed by atoms with van der Waals surface area (Å²) in [6.45, 7) is 6.89. The van der Waals surface area contributed by atoms with E-state index in [1.54, 1.807) is 6.33 Å². The Labute approximate surface area is 192 Å². The van der Waals surface area contributed by atoms with Crippen molar-refractivity contribution in [2.75, 3.05) is 5.32 Å². The van der Waals surface area contributed by atoms with E-state index in [1.807, 2.05) is 59.6 Å². The molecule has 33 heavy (non-hydrogen) atoms. The van der Waals surface area contributed by atoms with Gasteiger partial charge in [-0.1, -0.05) is 25.0 Å². The van der Waals surface area contributed by atoms with Gasteiger partial charge in [-0.05, 0) is 51.3 Å². The maximum absolute atomic E-state index is 9.12. The minimum atomic E-state index is 0.639. The summed E-state index contributed by atoms with van der Waals surface area (Å²) in [5, 5.41) is 22.1. The molecule has 1 N–H and O–H groups in total. The molecule has 0 aliphatic heterocycles. The van der Waals surface area contributed by atoms with Crippen LogP contribution in [0.4, 0.5) is 11.6 Å². The second kappa shape index (κ2) is 8.51. The highest BCUT2D eigenvalue weighted by Crippen LogP contribution is 2.35. The molecule has 8 nitrogen and oxygen atoms in total. The smallest absolute Gasteiger partial charge is 0.159 e. The van der Waals surface area contributed by atoms with Crippen LogP contribution in [0, 0.1) is 38.0 Å². The standard InChI is InChI=1S/C25H26N8/c1-16-12-17(2)33(30-16)23-13-22(27-15-28-23)29-25-18(3)24(21-8-6-20(14-26)7-9-21)31-32(25)11-10-19-4-5-19/h6-9,12-13,15,19H,4-5,10-11H2,1-3H3,(H,27,28,29). The molecule has 1 fully saturated rings. The van der Waals surface area contributed by atoms with Crippen molar-refractivity contribution in [3.63, 3.8) is 0 Å². The van der Waals surface area contributed by atoms with E-state index in [1.165, 1.54) is 12.8 Å². The summed E-state index contributed by atoms with van der Waals surface area (Å²) >= 11 is 0. The van der Waals surface area contributed by atoms with Crippen LogP contribution in [0.1, 0.15) is 41.8 Å². The van der Waals surface area contributed by atoms with Crippen molar-refractivity contribution in [1.82, 2.24) is 29.5 Å². The molecule has 3 heterocycles. The van der Waals surface area contributed by atoms with Gasteiger partial charge in [0.25, 0.3) is 0 Å². The zero-order valence-corrected chi connectivity index (χ0v) is 19.1. The predicted molar refractivity (Wildman–Crippen MR) is 126 cm³/mol. The maximum Gasteiger partial charge on any atom is 0.159 e. The van der Waals surface area contributed by atoms with E-state index >= 15 is 0 Å². The Bertz CT molecular complexity index is 1340. The van der Waals surface area contributed by atoms with Gasteiger partial charge in [-0.15, -0.1) is 0 Å². The van der Waals surface area contributed by atoms with Gasteiger partial charge in [0, 0.05) is 29.4 Å². The normalized spacial score (nSPS) is 13.2. The molecule has 166 valence electrons. The van der Waals surface area contributed by atoms with Crippen molar-refractivity contribution in [3.05, 3.63) is 65.2 Å². The first-order valence-corrected chi connectivity index (χ1v) is 11.2. The van der Waals surface area contributed by atoms with Gasteiger partial charge in [0.1, 0.15) is 18.0 Å². The van der Waals surface area contributed by atoms with Crippen LogP contribution < -0.4 is 5.32 Å². The Morgan fingerprint density at radius 3 is 2.52 bits per heavy atom. The molecule has 0 radical (unpaired) electrons. The number of anilines is 2. The maximum atomic E-state index is 9.12. The van der Waals surface area contributed by atoms with E-state index in [2.05, 4.69) is 33.4 Å². The molecule has 0 bridgehead atoms. The molecular formula is C25H26N8. The average molecular weight is 439 g/mol. The SMILES string of the molecule is Cc1cc(C)n(-c2cc(Nc3c(C)c(-c4ccc(C#N)cc4)nn3CCC3CC3)ncn2)n1. The molecule has 1 aliphatic rings. The second-order valence-electron chi connectivity index (χ2n) is 8.69. The summed E-state index contributed by atoms with van der Waals surface area (Å²) in [6, 6.07) is 13.7. The fourth-order valence-corrected chi connectivity index (χ4v) is 4.07. The Hall–Kier alpha value is -3.99. The van der Waals surface area contributed by atoms with Gasteiger partial charge in [-0.25, -0.2) is 19.3 Å². The van der Waals surface area contributed by atoms with Gasteiger partial charge in [-0.2, -0.15) is 15.5 Å². The summed E-state index contributed by atoms with van der Waals surface area (Å²) in [5.41, 5.74) is 5.55. The van der Waals surface area contributed by atoms with Gasteiger partial charge < -0.3 is 5.32 Å². The second-order valence-corrected chi connectivity index (χ2v) is 8.69. The topological polar surface area (TPSA) is 97.2 Å². The first kappa shape index (κ1) is 20.9. The van der Waals surface area contributed by atoms with Crippen molar-refractivity contribution in [3.8, 4) is 23.1 Å².